The van der Waals surface area contributed by atoms with Crippen molar-refractivity contribution >= 4 is 115 Å². The molecule has 0 bridgehead atoms. The monoisotopic (exact) mass is 1530 g/mol. The third-order valence-corrected chi connectivity index (χ3v) is 17.9. The number of hydrogen-bond acceptors (Lipinski definition) is 14. The first-order valence-electron chi connectivity index (χ1n) is 35.8. The van der Waals surface area contributed by atoms with Crippen LogP contribution in [0, 0.1) is 46.5 Å². The largest absolute Gasteiger partial charge is 0.378 e. The fourth-order valence-electron chi connectivity index (χ4n) is 12.1. The van der Waals surface area contributed by atoms with Crippen LogP contribution in [-0.4, -0.2) is 80.3 Å². The number of anilines is 4. The third kappa shape index (κ3) is 20.4. The molecule has 16 rings (SSSR count). The van der Waals surface area contributed by atoms with E-state index in [2.05, 4.69) is 92.2 Å². The minimum Gasteiger partial charge on any atom is -0.378 e. The standard InChI is InChI=1S/C22H21F2N5.C21H19F2N5.2C21H17F2N5/c1-3-29-13-15(12-25-29)4-6-21-20-11-19(5-7-22(20)28-27-21)26-14(2)16-8-17(23)10-18(24)9-16;1-13(15-7-16(22)9-17(23)8-15)25-18-4-6-21-19(10-18)20(26-27-21)5-3-14-11-24-28(2)12-14;1-13(14-10-15(22)12-16(23)11-14)25-20-8-7-19-21(26-20)18(27-28-19)6-5-17-4-2-3-9-24-17;1-13(14-8-15(22)10-16(23)9-14)26-21-11-18-19(27-28-20(18)12-25-21)6-5-17-4-2-3-7-24-17/h4-14,26H,3H2,1-2H3,(H,27,28);3-13,25H,1-2H3,(H,26,27);2*2-13H,1H3,(H,25,26)(H,27,28)/b6-4+;5-3+;2*6-5+/t14-;3*13-/m1111/s1. The molecule has 0 unspecified atom stereocenters. The van der Waals surface area contributed by atoms with Crippen molar-refractivity contribution in [3.63, 3.8) is 0 Å². The number of nitrogens with zero attached hydrogens (tertiary/aromatic N) is 12. The molecule has 0 amide bonds. The second-order valence-electron chi connectivity index (χ2n) is 26.4. The molecular formula is C85H74F8N20. The Bertz CT molecular complexity index is 5820. The van der Waals surface area contributed by atoms with E-state index in [-0.39, 0.29) is 24.2 Å². The maximum atomic E-state index is 13.5. The summed E-state index contributed by atoms with van der Waals surface area (Å²) in [6, 6.07) is 41.3. The molecule has 28 heteroatoms. The van der Waals surface area contributed by atoms with E-state index >= 15 is 0 Å². The Hall–Kier alpha value is -14.2. The smallest absolute Gasteiger partial charge is 0.127 e. The summed E-state index contributed by atoms with van der Waals surface area (Å²) in [5, 5.41) is 53.3. The number of H-pyrrole nitrogens is 4. The number of aryl methyl sites for hydroxylation is 2. The number of benzene rings is 6. The summed E-state index contributed by atoms with van der Waals surface area (Å²) in [4.78, 5) is 17.4. The number of halogens is 8. The van der Waals surface area contributed by atoms with Gasteiger partial charge in [-0.25, -0.2) is 45.1 Å². The highest BCUT2D eigenvalue weighted by Gasteiger charge is 2.17. The van der Waals surface area contributed by atoms with Crippen molar-refractivity contribution in [3.8, 4) is 0 Å². The maximum Gasteiger partial charge on any atom is 0.127 e. The lowest BCUT2D eigenvalue weighted by atomic mass is 10.1. The van der Waals surface area contributed by atoms with Gasteiger partial charge in [-0.3, -0.25) is 39.7 Å². The van der Waals surface area contributed by atoms with E-state index in [1.165, 1.54) is 48.5 Å². The van der Waals surface area contributed by atoms with E-state index < -0.39 is 46.5 Å². The molecule has 10 aromatic heterocycles. The fourth-order valence-corrected chi connectivity index (χ4v) is 12.1. The van der Waals surface area contributed by atoms with Crippen LogP contribution < -0.4 is 21.3 Å². The molecule has 20 nitrogen and oxygen atoms in total. The van der Waals surface area contributed by atoms with Gasteiger partial charge >= 0.3 is 0 Å². The number of fused-ring (bicyclic) bond motifs is 4. The van der Waals surface area contributed by atoms with Crippen LogP contribution in [0.3, 0.4) is 0 Å². The Labute approximate surface area is 642 Å². The van der Waals surface area contributed by atoms with Gasteiger partial charge in [0.2, 0.25) is 0 Å². The molecule has 0 aliphatic rings. The van der Waals surface area contributed by atoms with E-state index in [0.717, 1.165) is 120 Å². The number of hydrogen-bond donors (Lipinski definition) is 8. The highest BCUT2D eigenvalue weighted by Crippen LogP contribution is 2.31. The summed E-state index contributed by atoms with van der Waals surface area (Å²) in [5.74, 6) is -3.61. The first-order valence-corrected chi connectivity index (χ1v) is 35.8. The van der Waals surface area contributed by atoms with Gasteiger partial charge in [-0.2, -0.15) is 30.6 Å². The molecule has 16 aromatic rings. The molecule has 0 saturated heterocycles. The fraction of sp³-hybridized carbons (Fsp3) is 0.129. The zero-order valence-electron chi connectivity index (χ0n) is 61.7. The Morgan fingerprint density at radius 2 is 0.770 bits per heavy atom. The van der Waals surface area contributed by atoms with Crippen molar-refractivity contribution in [2.45, 2.75) is 65.3 Å². The Morgan fingerprint density at radius 3 is 1.21 bits per heavy atom. The lowest BCUT2D eigenvalue weighted by molar-refractivity contribution is 0.576. The zero-order chi connectivity index (χ0) is 79.1. The van der Waals surface area contributed by atoms with Gasteiger partial charge in [0.1, 0.15) is 69.4 Å². The molecule has 570 valence electrons. The van der Waals surface area contributed by atoms with Gasteiger partial charge < -0.3 is 21.3 Å². The SMILES string of the molecule is CCn1cc(/C=C/c2n[nH]c3ccc(N[C@H](C)c4cc(F)cc(F)c4)cc23)cn1.C[C@@H](Nc1cc2c(/C=C/c3ccccn3)n[nH]c2cn1)c1cc(F)cc(F)c1.C[C@@H](Nc1ccc2[nH]nc(/C=C/c3ccccn3)c2n1)c1cc(F)cc(F)c1.C[C@@H](Nc1ccc2[nH]nc(/C=C/c3cnn(C)c3)c2c1)c1cc(F)cc(F)c1. The summed E-state index contributed by atoms with van der Waals surface area (Å²) in [5.41, 5.74) is 14.5. The first kappa shape index (κ1) is 77.0. The minimum absolute atomic E-state index is 0.260. The Kier molecular flexibility index (Phi) is 24.2. The average molecular weight is 1530 g/mol. The van der Waals surface area contributed by atoms with Crippen LogP contribution in [0.1, 0.15) is 126 Å². The van der Waals surface area contributed by atoms with Crippen molar-refractivity contribution in [1.29, 1.82) is 0 Å². The van der Waals surface area contributed by atoms with Crippen LogP contribution in [-0.2, 0) is 13.6 Å². The molecular weight excluding hydrogens is 1450 g/mol. The highest BCUT2D eigenvalue weighted by atomic mass is 19.2. The van der Waals surface area contributed by atoms with Crippen LogP contribution in [0.5, 0.6) is 0 Å². The minimum atomic E-state index is -0.608. The molecule has 0 aliphatic heterocycles. The topological polar surface area (TPSA) is 250 Å². The zero-order valence-corrected chi connectivity index (χ0v) is 61.7. The molecule has 4 atom stereocenters. The average Bonchev–Trinajstić information content (AvgIpc) is 1.71. The number of aromatic amines is 4. The molecule has 0 radical (unpaired) electrons. The van der Waals surface area contributed by atoms with Gasteiger partial charge in [-0.15, -0.1) is 0 Å². The normalized spacial score (nSPS) is 12.6. The number of nitrogens with one attached hydrogen (secondary N) is 8. The van der Waals surface area contributed by atoms with Crippen LogP contribution in [0.15, 0.2) is 207 Å². The van der Waals surface area contributed by atoms with E-state index in [0.29, 0.717) is 45.1 Å². The first-order chi connectivity index (χ1) is 54.6. The lowest BCUT2D eigenvalue weighted by Gasteiger charge is -2.16. The molecule has 6 aromatic carbocycles. The molecule has 0 fully saturated rings. The van der Waals surface area contributed by atoms with Gasteiger partial charge in [-0.1, -0.05) is 12.1 Å². The van der Waals surface area contributed by atoms with E-state index in [1.807, 2.05) is 198 Å². The molecule has 8 N–H and O–H groups in total. The van der Waals surface area contributed by atoms with Crippen LogP contribution in [0.25, 0.3) is 92.4 Å². The number of pyridine rings is 4. The van der Waals surface area contributed by atoms with Crippen molar-refractivity contribution in [1.82, 2.24) is 80.3 Å². The quantitative estimate of drug-likeness (QED) is 0.0312. The predicted octanol–water partition coefficient (Wildman–Crippen LogP) is 20.3. The number of aromatic nitrogens is 16. The van der Waals surface area contributed by atoms with Crippen LogP contribution >= 0.6 is 0 Å². The van der Waals surface area contributed by atoms with Gasteiger partial charge in [0, 0.05) is 113 Å². The molecule has 0 aliphatic carbocycles. The van der Waals surface area contributed by atoms with E-state index in [1.54, 1.807) is 35.5 Å². The second-order valence-corrected chi connectivity index (χ2v) is 26.4. The van der Waals surface area contributed by atoms with Gasteiger partial charge in [0.05, 0.1) is 81.2 Å². The van der Waals surface area contributed by atoms with Gasteiger partial charge in [-0.05, 0) is 233 Å². The Morgan fingerprint density at radius 1 is 0.372 bits per heavy atom. The van der Waals surface area contributed by atoms with Crippen LogP contribution in [0.2, 0.25) is 0 Å². The van der Waals surface area contributed by atoms with Gasteiger partial charge in [0.15, 0.2) is 0 Å². The highest BCUT2D eigenvalue weighted by molar-refractivity contribution is 5.94. The van der Waals surface area contributed by atoms with Gasteiger partial charge in [0.25, 0.3) is 0 Å². The Balaban J connectivity index is 0.000000132. The third-order valence-electron chi connectivity index (χ3n) is 17.9. The summed E-state index contributed by atoms with van der Waals surface area (Å²) in [7, 11) is 1.87. The summed E-state index contributed by atoms with van der Waals surface area (Å²) >= 11 is 0. The second kappa shape index (κ2) is 35.5. The lowest BCUT2D eigenvalue weighted by Crippen LogP contribution is -2.08. The predicted molar refractivity (Wildman–Crippen MR) is 429 cm³/mol. The summed E-state index contributed by atoms with van der Waals surface area (Å²) in [6.45, 7) is 10.2. The molecule has 10 heterocycles. The van der Waals surface area contributed by atoms with Crippen LogP contribution in [0.4, 0.5) is 58.1 Å². The van der Waals surface area contributed by atoms with E-state index in [4.69, 9.17) is 0 Å². The van der Waals surface area contributed by atoms with E-state index in [9.17, 15) is 35.1 Å². The molecule has 0 saturated carbocycles. The van der Waals surface area contributed by atoms with Crippen molar-refractivity contribution in [3.05, 3.63) is 321 Å². The summed E-state index contributed by atoms with van der Waals surface area (Å²) in [6.07, 6.45) is 27.8. The maximum absolute atomic E-state index is 13.5. The summed E-state index contributed by atoms with van der Waals surface area (Å²) < 4.78 is 111. The van der Waals surface area contributed by atoms with Crippen molar-refractivity contribution in [2.75, 3.05) is 21.3 Å². The van der Waals surface area contributed by atoms with Crippen molar-refractivity contribution < 1.29 is 35.1 Å². The van der Waals surface area contributed by atoms with Crippen molar-refractivity contribution in [2.24, 2.45) is 7.05 Å². The number of rotatable bonds is 21. The molecule has 113 heavy (non-hydrogen) atoms. The molecule has 0 spiro atoms.